The van der Waals surface area contributed by atoms with Gasteiger partial charge in [0.2, 0.25) is 5.91 Å². The summed E-state index contributed by atoms with van der Waals surface area (Å²) in [6.45, 7) is 11.6. The van der Waals surface area contributed by atoms with Gasteiger partial charge in [0.05, 0.1) is 35.8 Å². The van der Waals surface area contributed by atoms with Crippen molar-refractivity contribution in [1.29, 1.82) is 0 Å². The Hall–Kier alpha value is -3.10. The predicted molar refractivity (Wildman–Crippen MR) is 154 cm³/mol. The molecule has 2 amide bonds. The van der Waals surface area contributed by atoms with Crippen LogP contribution in [0.1, 0.15) is 26.7 Å². The third-order valence-electron chi connectivity index (χ3n) is 8.62. The molecule has 5 rings (SSSR count). The predicted octanol–water partition coefficient (Wildman–Crippen LogP) is 4.20. The molecule has 7 atom stereocenters. The first-order valence-corrected chi connectivity index (χ1v) is 14.5. The molecule has 39 heavy (non-hydrogen) atoms. The largest absolute Gasteiger partial charge is 0.465 e. The Balaban J connectivity index is 1.58. The molecule has 3 heterocycles. The number of thioether (sulfide) groups is 1. The van der Waals surface area contributed by atoms with Crippen molar-refractivity contribution in [3.05, 3.63) is 67.8 Å². The molecule has 1 spiro atoms. The van der Waals surface area contributed by atoms with Crippen molar-refractivity contribution in [2.45, 2.75) is 48.8 Å². The Labute approximate surface area is 233 Å². The third kappa shape index (κ3) is 4.28. The minimum Gasteiger partial charge on any atom is -0.465 e. The summed E-state index contributed by atoms with van der Waals surface area (Å²) in [5.74, 6) is -2.14. The molecule has 7 nitrogen and oxygen atoms in total. The molecule has 3 saturated heterocycles. The number of ether oxygens (including phenoxy) is 1. The number of rotatable bonds is 10. The number of esters is 1. The molecule has 3 aliphatic rings. The number of amides is 2. The lowest BCUT2D eigenvalue weighted by atomic mass is 9.66. The van der Waals surface area contributed by atoms with Crippen molar-refractivity contribution >= 4 is 46.0 Å². The van der Waals surface area contributed by atoms with Crippen molar-refractivity contribution in [2.75, 3.05) is 24.7 Å². The fourth-order valence-electron chi connectivity index (χ4n) is 6.85. The van der Waals surface area contributed by atoms with Gasteiger partial charge in [-0.25, -0.2) is 0 Å². The Kier molecular flexibility index (Phi) is 7.62. The van der Waals surface area contributed by atoms with E-state index in [1.54, 1.807) is 40.6 Å². The lowest BCUT2D eigenvalue weighted by molar-refractivity contribution is -0.154. The highest BCUT2D eigenvalue weighted by atomic mass is 32.2. The minimum atomic E-state index is -0.834. The van der Waals surface area contributed by atoms with Gasteiger partial charge in [-0.15, -0.1) is 24.9 Å². The smallest absolute Gasteiger partial charge is 0.310 e. The maximum atomic E-state index is 14.7. The quantitative estimate of drug-likeness (QED) is 0.272. The van der Waals surface area contributed by atoms with Crippen LogP contribution in [0.5, 0.6) is 0 Å². The van der Waals surface area contributed by atoms with Crippen LogP contribution in [0.3, 0.4) is 0 Å². The molecule has 206 valence electrons. The van der Waals surface area contributed by atoms with Crippen LogP contribution in [0.2, 0.25) is 0 Å². The van der Waals surface area contributed by atoms with E-state index in [1.807, 2.05) is 42.5 Å². The molecule has 3 unspecified atom stereocenters. The molecule has 0 saturated carbocycles. The number of benzene rings is 2. The van der Waals surface area contributed by atoms with Crippen LogP contribution in [0.25, 0.3) is 10.8 Å². The zero-order valence-electron chi connectivity index (χ0n) is 22.5. The van der Waals surface area contributed by atoms with Crippen LogP contribution in [0, 0.1) is 17.8 Å². The maximum Gasteiger partial charge on any atom is 0.310 e. The highest BCUT2D eigenvalue weighted by Crippen LogP contribution is 2.69. The molecule has 0 radical (unpaired) electrons. The Morgan fingerprint density at radius 2 is 1.97 bits per heavy atom. The number of hydrogen-bond acceptors (Lipinski definition) is 6. The molecule has 0 aliphatic carbocycles. The summed E-state index contributed by atoms with van der Waals surface area (Å²) in [5.41, 5.74) is 0.716. The number of carbonyl (C=O) groups is 3. The van der Waals surface area contributed by atoms with Crippen LogP contribution < -0.4 is 4.90 Å². The Bertz CT molecular complexity index is 1310. The van der Waals surface area contributed by atoms with Crippen LogP contribution in [0.4, 0.5) is 5.69 Å². The molecule has 8 heteroatoms. The van der Waals surface area contributed by atoms with Gasteiger partial charge in [0.15, 0.2) is 0 Å². The van der Waals surface area contributed by atoms with E-state index in [0.29, 0.717) is 12.1 Å². The molecular weight excluding hydrogens is 512 g/mol. The van der Waals surface area contributed by atoms with Crippen molar-refractivity contribution in [1.82, 2.24) is 4.90 Å². The normalized spacial score (nSPS) is 29.8. The average molecular weight is 549 g/mol. The number of aliphatic hydroxyl groups is 1. The number of likely N-dealkylation sites (tertiary alicyclic amines) is 1. The van der Waals surface area contributed by atoms with E-state index in [-0.39, 0.29) is 48.7 Å². The van der Waals surface area contributed by atoms with E-state index < -0.39 is 28.7 Å². The van der Waals surface area contributed by atoms with Gasteiger partial charge in [0.25, 0.3) is 5.91 Å². The summed E-state index contributed by atoms with van der Waals surface area (Å²) in [5, 5.41) is 12.1. The number of aliphatic hydroxyl groups excluding tert-OH is 1. The third-order valence-corrected chi connectivity index (χ3v) is 10.7. The van der Waals surface area contributed by atoms with E-state index in [0.717, 1.165) is 17.2 Å². The zero-order chi connectivity index (χ0) is 27.9. The van der Waals surface area contributed by atoms with Crippen LogP contribution >= 0.6 is 11.8 Å². The summed E-state index contributed by atoms with van der Waals surface area (Å²) in [6.07, 6.45) is 4.63. The second kappa shape index (κ2) is 10.8. The molecule has 2 aromatic rings. The lowest BCUT2D eigenvalue weighted by Crippen LogP contribution is -2.59. The topological polar surface area (TPSA) is 87.2 Å². The Morgan fingerprint density at radius 3 is 2.67 bits per heavy atom. The fourth-order valence-corrected chi connectivity index (χ4v) is 9.24. The van der Waals surface area contributed by atoms with Gasteiger partial charge in [-0.05, 0) is 48.6 Å². The molecule has 2 bridgehead atoms. The Morgan fingerprint density at radius 1 is 1.23 bits per heavy atom. The van der Waals surface area contributed by atoms with Gasteiger partial charge < -0.3 is 19.6 Å². The minimum absolute atomic E-state index is 0.0192. The summed E-state index contributed by atoms with van der Waals surface area (Å²) < 4.78 is 4.78. The summed E-state index contributed by atoms with van der Waals surface area (Å²) in [4.78, 5) is 45.4. The summed E-state index contributed by atoms with van der Waals surface area (Å²) >= 11 is 1.60. The zero-order valence-corrected chi connectivity index (χ0v) is 23.3. The van der Waals surface area contributed by atoms with Crippen LogP contribution in [-0.4, -0.2) is 69.6 Å². The van der Waals surface area contributed by atoms with E-state index in [1.165, 1.54) is 0 Å². The van der Waals surface area contributed by atoms with Crippen molar-refractivity contribution in [3.8, 4) is 0 Å². The first kappa shape index (κ1) is 27.5. The summed E-state index contributed by atoms with van der Waals surface area (Å²) in [6, 6.07) is 12.4. The number of fused-ring (bicyclic) bond motifs is 2. The highest BCUT2D eigenvalue weighted by molar-refractivity contribution is 8.02. The van der Waals surface area contributed by atoms with Gasteiger partial charge in [0.1, 0.15) is 6.04 Å². The first-order chi connectivity index (χ1) is 18.8. The molecule has 3 fully saturated rings. The van der Waals surface area contributed by atoms with E-state index >= 15 is 0 Å². The fraction of sp³-hybridized carbons (Fsp3) is 0.452. The molecule has 1 N–H and O–H groups in total. The van der Waals surface area contributed by atoms with Gasteiger partial charge in [-0.1, -0.05) is 49.4 Å². The lowest BCUT2D eigenvalue weighted by Gasteiger charge is -2.41. The SMILES string of the molecule is C=CCCOC(=O)[C@@H]1[C@@H]2CC(C)C3(S2)C(C(=O)N(CC=C)c2ccc4ccccc4c2)N([C@H](C)CO)C(=O)[C@H]13. The summed E-state index contributed by atoms with van der Waals surface area (Å²) in [7, 11) is 0. The molecule has 3 aliphatic heterocycles. The number of anilines is 1. The van der Waals surface area contributed by atoms with Gasteiger partial charge >= 0.3 is 5.97 Å². The average Bonchev–Trinajstić information content (AvgIpc) is 3.54. The maximum absolute atomic E-state index is 14.7. The van der Waals surface area contributed by atoms with E-state index in [9.17, 15) is 19.5 Å². The second-order valence-corrected chi connectivity index (χ2v) is 12.4. The second-order valence-electron chi connectivity index (χ2n) is 10.8. The van der Waals surface area contributed by atoms with Crippen molar-refractivity contribution < 1.29 is 24.2 Å². The van der Waals surface area contributed by atoms with E-state index in [4.69, 9.17) is 4.74 Å². The van der Waals surface area contributed by atoms with Crippen molar-refractivity contribution in [2.24, 2.45) is 17.8 Å². The molecule has 0 aromatic heterocycles. The number of nitrogens with zero attached hydrogens (tertiary/aromatic N) is 2. The van der Waals surface area contributed by atoms with Gasteiger partial charge in [-0.3, -0.25) is 14.4 Å². The van der Waals surface area contributed by atoms with Gasteiger partial charge in [0, 0.05) is 17.5 Å². The highest BCUT2D eigenvalue weighted by Gasteiger charge is 2.77. The standard InChI is InChI=1S/C31H36N2O5S/c1-5-7-15-38-30(37)25-24-16-19(3)31(39-24)26(25)28(35)33(20(4)18-34)27(31)29(36)32(14-6-2)23-13-12-21-10-8-9-11-22(21)17-23/h5-6,8-13,17,19-20,24-27,34H,1-2,7,14-16,18H2,3-4H3/t19?,20-,24+,25-,26+,27?,31?/m1/s1. The first-order valence-electron chi connectivity index (χ1n) is 13.6. The van der Waals surface area contributed by atoms with Crippen molar-refractivity contribution in [3.63, 3.8) is 0 Å². The van der Waals surface area contributed by atoms with Crippen LogP contribution in [0.15, 0.2) is 67.8 Å². The van der Waals surface area contributed by atoms with Crippen LogP contribution in [-0.2, 0) is 19.1 Å². The number of hydrogen-bond donors (Lipinski definition) is 1. The van der Waals surface area contributed by atoms with E-state index in [2.05, 4.69) is 20.1 Å². The van der Waals surface area contributed by atoms with Gasteiger partial charge in [-0.2, -0.15) is 0 Å². The monoisotopic (exact) mass is 548 g/mol. The molecule has 2 aromatic carbocycles. The molecular formula is C31H36N2O5S. The number of carbonyl (C=O) groups excluding carboxylic acids is 3.